The Hall–Kier alpha value is -1.46. The lowest BCUT2D eigenvalue weighted by atomic mass is 10.0. The van der Waals surface area contributed by atoms with E-state index in [-0.39, 0.29) is 16.7 Å². The van der Waals surface area contributed by atoms with E-state index in [0.717, 1.165) is 18.7 Å². The van der Waals surface area contributed by atoms with E-state index in [2.05, 4.69) is 24.2 Å². The van der Waals surface area contributed by atoms with Crippen molar-refractivity contribution in [2.75, 3.05) is 20.1 Å². The highest BCUT2D eigenvalue weighted by molar-refractivity contribution is 5.35. The van der Waals surface area contributed by atoms with Crippen molar-refractivity contribution in [3.63, 3.8) is 0 Å². The molecule has 1 saturated heterocycles. The van der Waals surface area contributed by atoms with Gasteiger partial charge >= 0.3 is 0 Å². The van der Waals surface area contributed by atoms with Gasteiger partial charge in [-0.05, 0) is 19.5 Å². The molecule has 0 radical (unpaired) electrons. The molecule has 1 aliphatic rings. The zero-order valence-electron chi connectivity index (χ0n) is 10.1. The van der Waals surface area contributed by atoms with Crippen LogP contribution in [-0.4, -0.2) is 36.0 Å². The summed E-state index contributed by atoms with van der Waals surface area (Å²) >= 11 is 0. The van der Waals surface area contributed by atoms with Gasteiger partial charge < -0.3 is 5.32 Å². The van der Waals surface area contributed by atoms with Crippen LogP contribution in [0.25, 0.3) is 0 Å². The van der Waals surface area contributed by atoms with Crippen molar-refractivity contribution in [2.45, 2.75) is 19.0 Å². The molecule has 92 valence electrons. The summed E-state index contributed by atoms with van der Waals surface area (Å²) in [6, 6.07) is 7.61. The molecule has 2 rings (SSSR count). The van der Waals surface area contributed by atoms with Crippen LogP contribution in [0.1, 0.15) is 18.5 Å². The highest BCUT2D eigenvalue weighted by Gasteiger charge is 2.26. The van der Waals surface area contributed by atoms with Gasteiger partial charge in [0.2, 0.25) is 0 Å². The minimum Gasteiger partial charge on any atom is -0.314 e. The normalized spacial score (nSPS) is 17.8. The standard InChI is InChI=1S/C12H17N3O2/c1-9(14(2)12-7-13-8-12)10-4-3-5-11(6-10)15(16)17/h3-6,9,12-13H,7-8H2,1-2H3. The van der Waals surface area contributed by atoms with Crippen LogP contribution in [0.4, 0.5) is 5.69 Å². The van der Waals surface area contributed by atoms with Crippen molar-refractivity contribution in [3.8, 4) is 0 Å². The second-order valence-electron chi connectivity index (χ2n) is 4.51. The van der Waals surface area contributed by atoms with E-state index in [4.69, 9.17) is 0 Å². The molecule has 1 heterocycles. The van der Waals surface area contributed by atoms with E-state index in [1.54, 1.807) is 12.1 Å². The first-order chi connectivity index (χ1) is 8.09. The minimum absolute atomic E-state index is 0.162. The van der Waals surface area contributed by atoms with Gasteiger partial charge in [0.15, 0.2) is 0 Å². The van der Waals surface area contributed by atoms with Gasteiger partial charge in [-0.15, -0.1) is 0 Å². The molecule has 0 amide bonds. The smallest absolute Gasteiger partial charge is 0.269 e. The number of nitrogens with one attached hydrogen (secondary N) is 1. The topological polar surface area (TPSA) is 58.4 Å². The summed E-state index contributed by atoms with van der Waals surface area (Å²) in [6.07, 6.45) is 0. The Balaban J connectivity index is 2.14. The first kappa shape index (κ1) is 12.0. The Morgan fingerprint density at radius 2 is 2.24 bits per heavy atom. The molecule has 5 heteroatoms. The number of nitrogens with zero attached hydrogens (tertiary/aromatic N) is 2. The number of hydrogen-bond donors (Lipinski definition) is 1. The second kappa shape index (κ2) is 4.81. The van der Waals surface area contributed by atoms with E-state index in [0.29, 0.717) is 6.04 Å². The number of likely N-dealkylation sites (N-methyl/N-ethyl adjacent to an activating group) is 1. The van der Waals surface area contributed by atoms with E-state index in [1.165, 1.54) is 6.07 Å². The first-order valence-corrected chi connectivity index (χ1v) is 5.76. The fourth-order valence-electron chi connectivity index (χ4n) is 2.01. The summed E-state index contributed by atoms with van der Waals surface area (Å²) in [5, 5.41) is 14.0. The SMILES string of the molecule is CC(c1cccc([N+](=O)[O-])c1)N(C)C1CNC1. The average molecular weight is 235 g/mol. The van der Waals surface area contributed by atoms with E-state index in [1.807, 2.05) is 6.07 Å². The highest BCUT2D eigenvalue weighted by atomic mass is 16.6. The van der Waals surface area contributed by atoms with Crippen LogP contribution in [0.15, 0.2) is 24.3 Å². The van der Waals surface area contributed by atoms with E-state index >= 15 is 0 Å². The molecule has 17 heavy (non-hydrogen) atoms. The quantitative estimate of drug-likeness (QED) is 0.635. The number of rotatable bonds is 4. The number of nitro groups is 1. The highest BCUT2D eigenvalue weighted by Crippen LogP contribution is 2.25. The fourth-order valence-corrected chi connectivity index (χ4v) is 2.01. The number of non-ortho nitro benzene ring substituents is 1. The molecule has 1 atom stereocenters. The van der Waals surface area contributed by atoms with Gasteiger partial charge in [0.1, 0.15) is 0 Å². The van der Waals surface area contributed by atoms with Crippen molar-refractivity contribution in [3.05, 3.63) is 39.9 Å². The second-order valence-corrected chi connectivity index (χ2v) is 4.51. The lowest BCUT2D eigenvalue weighted by Crippen LogP contribution is -2.56. The largest absolute Gasteiger partial charge is 0.314 e. The average Bonchev–Trinajstić information content (AvgIpc) is 2.25. The zero-order chi connectivity index (χ0) is 12.4. The van der Waals surface area contributed by atoms with Crippen LogP contribution in [-0.2, 0) is 0 Å². The van der Waals surface area contributed by atoms with Crippen LogP contribution in [0, 0.1) is 10.1 Å². The lowest BCUT2D eigenvalue weighted by molar-refractivity contribution is -0.385. The van der Waals surface area contributed by atoms with Crippen molar-refractivity contribution in [1.82, 2.24) is 10.2 Å². The van der Waals surface area contributed by atoms with Gasteiger partial charge in [-0.3, -0.25) is 15.0 Å². The molecule has 1 unspecified atom stereocenters. The lowest BCUT2D eigenvalue weighted by Gasteiger charge is -2.39. The summed E-state index contributed by atoms with van der Waals surface area (Å²) in [7, 11) is 2.06. The number of hydrogen-bond acceptors (Lipinski definition) is 4. The zero-order valence-corrected chi connectivity index (χ0v) is 10.1. The van der Waals surface area contributed by atoms with Gasteiger partial charge in [0, 0.05) is 37.3 Å². The van der Waals surface area contributed by atoms with Gasteiger partial charge in [0.05, 0.1) is 4.92 Å². The van der Waals surface area contributed by atoms with Crippen LogP contribution < -0.4 is 5.32 Å². The molecule has 0 saturated carbocycles. The van der Waals surface area contributed by atoms with Crippen LogP contribution in [0.3, 0.4) is 0 Å². The molecule has 1 aromatic rings. The number of benzene rings is 1. The summed E-state index contributed by atoms with van der Waals surface area (Å²) in [5.74, 6) is 0. The molecule has 1 aliphatic heterocycles. The summed E-state index contributed by atoms with van der Waals surface area (Å²) in [5.41, 5.74) is 1.16. The maximum absolute atomic E-state index is 10.7. The van der Waals surface area contributed by atoms with E-state index < -0.39 is 0 Å². The summed E-state index contributed by atoms with van der Waals surface area (Å²) < 4.78 is 0. The van der Waals surface area contributed by atoms with Gasteiger partial charge in [-0.1, -0.05) is 12.1 Å². The van der Waals surface area contributed by atoms with Crippen molar-refractivity contribution >= 4 is 5.69 Å². The molecular formula is C12H17N3O2. The molecule has 1 N–H and O–H groups in total. The molecule has 1 fully saturated rings. The summed E-state index contributed by atoms with van der Waals surface area (Å²) in [4.78, 5) is 12.6. The Bertz CT molecular complexity index is 418. The van der Waals surface area contributed by atoms with Crippen molar-refractivity contribution < 1.29 is 4.92 Å². The minimum atomic E-state index is -0.346. The predicted octanol–water partition coefficient (Wildman–Crippen LogP) is 1.56. The molecule has 0 aromatic heterocycles. The van der Waals surface area contributed by atoms with Crippen LogP contribution in [0.2, 0.25) is 0 Å². The maximum atomic E-state index is 10.7. The van der Waals surface area contributed by atoms with Gasteiger partial charge in [-0.25, -0.2) is 0 Å². The van der Waals surface area contributed by atoms with Crippen LogP contribution >= 0.6 is 0 Å². The molecule has 0 aliphatic carbocycles. The van der Waals surface area contributed by atoms with Gasteiger partial charge in [-0.2, -0.15) is 0 Å². The first-order valence-electron chi connectivity index (χ1n) is 5.76. The Kier molecular flexibility index (Phi) is 3.40. The van der Waals surface area contributed by atoms with E-state index in [9.17, 15) is 10.1 Å². The Labute approximate surface area is 101 Å². The number of nitro benzene ring substituents is 1. The molecular weight excluding hydrogens is 218 g/mol. The molecule has 5 nitrogen and oxygen atoms in total. The Morgan fingerprint density at radius 1 is 1.53 bits per heavy atom. The molecule has 0 bridgehead atoms. The van der Waals surface area contributed by atoms with Crippen molar-refractivity contribution in [2.24, 2.45) is 0 Å². The third-order valence-corrected chi connectivity index (χ3v) is 3.51. The Morgan fingerprint density at radius 3 is 2.76 bits per heavy atom. The summed E-state index contributed by atoms with van der Waals surface area (Å²) in [6.45, 7) is 4.07. The monoisotopic (exact) mass is 235 g/mol. The molecule has 0 spiro atoms. The fraction of sp³-hybridized carbons (Fsp3) is 0.500. The maximum Gasteiger partial charge on any atom is 0.269 e. The van der Waals surface area contributed by atoms with Crippen LogP contribution in [0.5, 0.6) is 0 Å². The van der Waals surface area contributed by atoms with Gasteiger partial charge in [0.25, 0.3) is 5.69 Å². The third-order valence-electron chi connectivity index (χ3n) is 3.51. The van der Waals surface area contributed by atoms with Crippen molar-refractivity contribution in [1.29, 1.82) is 0 Å². The molecule has 1 aromatic carbocycles. The third kappa shape index (κ3) is 2.45. The predicted molar refractivity (Wildman–Crippen MR) is 65.9 cm³/mol.